The number of aryl methyl sites for hydroxylation is 1. The minimum atomic E-state index is 0.702. The smallest absolute Gasteiger partial charge is 0.142 e. The molecule has 0 unspecified atom stereocenters. The van der Waals surface area contributed by atoms with Crippen LogP contribution in [0.5, 0.6) is 0 Å². The van der Waals surface area contributed by atoms with Gasteiger partial charge in [-0.25, -0.2) is 4.98 Å². The summed E-state index contributed by atoms with van der Waals surface area (Å²) in [7, 11) is 2.05. The summed E-state index contributed by atoms with van der Waals surface area (Å²) in [5.41, 5.74) is 6.48. The Bertz CT molecular complexity index is 1150. The number of piperazine rings is 1. The van der Waals surface area contributed by atoms with E-state index in [0.717, 1.165) is 59.6 Å². The van der Waals surface area contributed by atoms with Crippen molar-refractivity contribution in [2.75, 3.05) is 31.1 Å². The molecule has 1 saturated heterocycles. The second-order valence-corrected chi connectivity index (χ2v) is 7.71. The lowest BCUT2D eigenvalue weighted by atomic mass is 10.00. The molecule has 1 N–H and O–H groups in total. The molecule has 4 heterocycles. The first-order valence-corrected chi connectivity index (χ1v) is 10.2. The van der Waals surface area contributed by atoms with Crippen molar-refractivity contribution in [3.8, 4) is 22.4 Å². The molecule has 0 amide bonds. The van der Waals surface area contributed by atoms with Crippen molar-refractivity contribution in [3.63, 3.8) is 0 Å². The molecule has 1 aliphatic heterocycles. The SMILES string of the molecule is Cn1c(-c2ccc(N3CCNCC3)cc2)c(-c2cccnc2)c2c(Cl)ccnc21. The van der Waals surface area contributed by atoms with E-state index < -0.39 is 0 Å². The Morgan fingerprint density at radius 2 is 1.76 bits per heavy atom. The largest absolute Gasteiger partial charge is 0.369 e. The molecule has 1 aliphatic rings. The molecule has 1 fully saturated rings. The molecule has 29 heavy (non-hydrogen) atoms. The number of nitrogens with one attached hydrogen (secondary N) is 1. The number of fused-ring (bicyclic) bond motifs is 1. The van der Waals surface area contributed by atoms with Crippen molar-refractivity contribution in [1.29, 1.82) is 0 Å². The average Bonchev–Trinajstić information content (AvgIpc) is 3.09. The number of anilines is 1. The number of nitrogens with zero attached hydrogens (tertiary/aromatic N) is 4. The molecule has 4 aromatic rings. The molecule has 5 rings (SSSR count). The van der Waals surface area contributed by atoms with Crippen LogP contribution in [-0.4, -0.2) is 40.7 Å². The highest BCUT2D eigenvalue weighted by Crippen LogP contribution is 2.42. The van der Waals surface area contributed by atoms with E-state index in [1.54, 1.807) is 12.4 Å². The number of hydrogen-bond acceptors (Lipinski definition) is 4. The summed E-state index contributed by atoms with van der Waals surface area (Å²) in [6, 6.07) is 14.7. The fourth-order valence-corrected chi connectivity index (χ4v) is 4.42. The zero-order chi connectivity index (χ0) is 19.8. The van der Waals surface area contributed by atoms with E-state index in [1.165, 1.54) is 5.69 Å². The van der Waals surface area contributed by atoms with E-state index in [1.807, 2.05) is 25.4 Å². The second kappa shape index (κ2) is 7.50. The summed E-state index contributed by atoms with van der Waals surface area (Å²) in [5, 5.41) is 5.07. The summed E-state index contributed by atoms with van der Waals surface area (Å²) in [5.74, 6) is 0. The first-order valence-electron chi connectivity index (χ1n) is 9.83. The van der Waals surface area contributed by atoms with E-state index >= 15 is 0 Å². The van der Waals surface area contributed by atoms with E-state index in [9.17, 15) is 0 Å². The standard InChI is InChI=1S/C23H22ClN5/c1-28-22(16-4-6-18(7-5-16)29-13-11-25-12-14-29)20(17-3-2-9-26-15-17)21-19(24)8-10-27-23(21)28/h2-10,15,25H,11-14H2,1H3. The van der Waals surface area contributed by atoms with Crippen LogP contribution < -0.4 is 10.2 Å². The van der Waals surface area contributed by atoms with Gasteiger partial charge < -0.3 is 14.8 Å². The Kier molecular flexibility index (Phi) is 4.70. The maximum Gasteiger partial charge on any atom is 0.142 e. The van der Waals surface area contributed by atoms with Gasteiger partial charge in [-0.15, -0.1) is 0 Å². The Morgan fingerprint density at radius 1 is 0.966 bits per heavy atom. The van der Waals surface area contributed by atoms with Gasteiger partial charge in [0.1, 0.15) is 5.65 Å². The molecular formula is C23H22ClN5. The molecule has 3 aromatic heterocycles. The minimum Gasteiger partial charge on any atom is -0.369 e. The maximum atomic E-state index is 6.63. The average molecular weight is 404 g/mol. The molecule has 5 nitrogen and oxygen atoms in total. The second-order valence-electron chi connectivity index (χ2n) is 7.30. The highest BCUT2D eigenvalue weighted by Gasteiger charge is 2.21. The molecule has 0 spiro atoms. The number of pyridine rings is 2. The third-order valence-corrected chi connectivity index (χ3v) is 5.91. The van der Waals surface area contributed by atoms with Crippen molar-refractivity contribution in [2.45, 2.75) is 0 Å². The fraction of sp³-hybridized carbons (Fsp3) is 0.217. The predicted molar refractivity (Wildman–Crippen MR) is 119 cm³/mol. The third kappa shape index (κ3) is 3.16. The topological polar surface area (TPSA) is 46.0 Å². The van der Waals surface area contributed by atoms with Gasteiger partial charge in [-0.05, 0) is 29.8 Å². The van der Waals surface area contributed by atoms with Gasteiger partial charge in [0.25, 0.3) is 0 Å². The third-order valence-electron chi connectivity index (χ3n) is 5.59. The van der Waals surface area contributed by atoms with Crippen LogP contribution in [0.15, 0.2) is 61.1 Å². The van der Waals surface area contributed by atoms with E-state index in [4.69, 9.17) is 11.6 Å². The number of hydrogen-bond donors (Lipinski definition) is 1. The Labute approximate surface area is 175 Å². The maximum absolute atomic E-state index is 6.63. The summed E-state index contributed by atoms with van der Waals surface area (Å²) in [6.07, 6.45) is 5.43. The van der Waals surface area contributed by atoms with Gasteiger partial charge in [-0.2, -0.15) is 0 Å². The highest BCUT2D eigenvalue weighted by molar-refractivity contribution is 6.37. The molecule has 6 heteroatoms. The van der Waals surface area contributed by atoms with Crippen molar-refractivity contribution in [2.24, 2.45) is 7.05 Å². The van der Waals surface area contributed by atoms with Crippen molar-refractivity contribution >= 4 is 28.3 Å². The van der Waals surface area contributed by atoms with Gasteiger partial charge in [0.2, 0.25) is 0 Å². The highest BCUT2D eigenvalue weighted by atomic mass is 35.5. The fourth-order valence-electron chi connectivity index (χ4n) is 4.19. The van der Waals surface area contributed by atoms with E-state index in [-0.39, 0.29) is 0 Å². The van der Waals surface area contributed by atoms with Gasteiger partial charge in [-0.3, -0.25) is 4.98 Å². The minimum absolute atomic E-state index is 0.702. The molecule has 146 valence electrons. The molecule has 0 radical (unpaired) electrons. The monoisotopic (exact) mass is 403 g/mol. The van der Waals surface area contributed by atoms with Crippen LogP contribution in [0.4, 0.5) is 5.69 Å². The van der Waals surface area contributed by atoms with Crippen molar-refractivity contribution in [1.82, 2.24) is 19.9 Å². The molecule has 0 atom stereocenters. The van der Waals surface area contributed by atoms with Gasteiger partial charge in [0.05, 0.1) is 10.7 Å². The number of benzene rings is 1. The molecular weight excluding hydrogens is 382 g/mol. The van der Waals surface area contributed by atoms with Crippen molar-refractivity contribution < 1.29 is 0 Å². The van der Waals surface area contributed by atoms with Crippen LogP contribution in [0.25, 0.3) is 33.4 Å². The Balaban J connectivity index is 1.69. The van der Waals surface area contributed by atoms with Crippen LogP contribution in [0.2, 0.25) is 5.02 Å². The molecule has 1 aromatic carbocycles. The predicted octanol–water partition coefficient (Wildman–Crippen LogP) is 4.37. The molecule has 0 saturated carbocycles. The Morgan fingerprint density at radius 3 is 2.48 bits per heavy atom. The zero-order valence-corrected chi connectivity index (χ0v) is 17.0. The summed E-state index contributed by atoms with van der Waals surface area (Å²) < 4.78 is 2.13. The van der Waals surface area contributed by atoms with Crippen LogP contribution in [0, 0.1) is 0 Å². The lowest BCUT2D eigenvalue weighted by molar-refractivity contribution is 0.589. The zero-order valence-electron chi connectivity index (χ0n) is 16.3. The Hall–Kier alpha value is -2.89. The first-order chi connectivity index (χ1) is 14.2. The summed E-state index contributed by atoms with van der Waals surface area (Å²) >= 11 is 6.63. The van der Waals surface area contributed by atoms with Crippen LogP contribution in [0.3, 0.4) is 0 Å². The number of aromatic nitrogens is 3. The van der Waals surface area contributed by atoms with Crippen LogP contribution >= 0.6 is 11.6 Å². The van der Waals surface area contributed by atoms with Crippen LogP contribution in [0.1, 0.15) is 0 Å². The summed E-state index contributed by atoms with van der Waals surface area (Å²) in [6.45, 7) is 4.13. The van der Waals surface area contributed by atoms with E-state index in [0.29, 0.717) is 5.02 Å². The lowest BCUT2D eigenvalue weighted by Gasteiger charge is -2.29. The summed E-state index contributed by atoms with van der Waals surface area (Å²) in [4.78, 5) is 11.4. The number of rotatable bonds is 3. The van der Waals surface area contributed by atoms with Crippen molar-refractivity contribution in [3.05, 3.63) is 66.1 Å². The van der Waals surface area contributed by atoms with Crippen LogP contribution in [-0.2, 0) is 7.05 Å². The lowest BCUT2D eigenvalue weighted by Crippen LogP contribution is -2.43. The van der Waals surface area contributed by atoms with E-state index in [2.05, 4.69) is 55.1 Å². The van der Waals surface area contributed by atoms with Gasteiger partial charge in [0, 0.05) is 74.0 Å². The van der Waals surface area contributed by atoms with Gasteiger partial charge in [0.15, 0.2) is 0 Å². The molecule has 0 aliphatic carbocycles. The number of halogens is 1. The molecule has 0 bridgehead atoms. The first kappa shape index (κ1) is 18.2. The van der Waals surface area contributed by atoms with Gasteiger partial charge in [-0.1, -0.05) is 29.8 Å². The van der Waals surface area contributed by atoms with Gasteiger partial charge >= 0.3 is 0 Å². The normalized spacial score (nSPS) is 14.5. The quantitative estimate of drug-likeness (QED) is 0.552.